The molecule has 0 aliphatic carbocycles. The van der Waals surface area contributed by atoms with Crippen LogP contribution in [0, 0.1) is 5.92 Å². The lowest BCUT2D eigenvalue weighted by Gasteiger charge is -2.24. The Morgan fingerprint density at radius 2 is 1.95 bits per heavy atom. The van der Waals surface area contributed by atoms with Gasteiger partial charge in [-0.3, -0.25) is 10.1 Å². The number of amides is 1. The lowest BCUT2D eigenvalue weighted by molar-refractivity contribution is -0.131. The summed E-state index contributed by atoms with van der Waals surface area (Å²) in [4.78, 5) is 17.2. The molecule has 4 nitrogen and oxygen atoms in total. The van der Waals surface area contributed by atoms with Gasteiger partial charge >= 0.3 is 0 Å². The van der Waals surface area contributed by atoms with Gasteiger partial charge in [-0.2, -0.15) is 0 Å². The maximum absolute atomic E-state index is 12.6. The van der Waals surface area contributed by atoms with Crippen LogP contribution in [-0.4, -0.2) is 54.1 Å². The first-order chi connectivity index (χ1) is 9.67. The van der Waals surface area contributed by atoms with Gasteiger partial charge in [0.1, 0.15) is 0 Å². The number of hydrogen-bond donors (Lipinski definition) is 1. The van der Waals surface area contributed by atoms with Crippen molar-refractivity contribution in [2.75, 3.05) is 26.2 Å². The molecule has 0 aromatic carbocycles. The second kappa shape index (κ2) is 7.41. The molecule has 1 N–H and O–H groups in total. The van der Waals surface area contributed by atoms with Gasteiger partial charge in [0.2, 0.25) is 5.91 Å². The number of hydrogen-bond acceptors (Lipinski definition) is 3. The standard InChI is InChI=1S/C16H31N3O/c1-4-13(3)15-16(20)19(14(5-2)17-15)12-8-11-18-9-6-7-10-18/h13-15,17H,4-12H2,1-3H3. The van der Waals surface area contributed by atoms with Crippen molar-refractivity contribution >= 4 is 5.91 Å². The van der Waals surface area contributed by atoms with Crippen LogP contribution >= 0.6 is 0 Å². The first-order valence-corrected chi connectivity index (χ1v) is 8.46. The number of rotatable bonds is 7. The van der Waals surface area contributed by atoms with E-state index >= 15 is 0 Å². The predicted molar refractivity (Wildman–Crippen MR) is 82.5 cm³/mol. The Balaban J connectivity index is 1.83. The van der Waals surface area contributed by atoms with Crippen LogP contribution in [-0.2, 0) is 4.79 Å². The van der Waals surface area contributed by atoms with E-state index in [-0.39, 0.29) is 12.2 Å². The third-order valence-electron chi connectivity index (χ3n) is 4.97. The maximum atomic E-state index is 12.6. The summed E-state index contributed by atoms with van der Waals surface area (Å²) < 4.78 is 0. The largest absolute Gasteiger partial charge is 0.326 e. The number of likely N-dealkylation sites (tertiary alicyclic amines) is 1. The molecule has 2 rings (SSSR count). The van der Waals surface area contributed by atoms with E-state index in [0.717, 1.165) is 32.4 Å². The van der Waals surface area contributed by atoms with Gasteiger partial charge < -0.3 is 9.80 Å². The molecule has 0 saturated carbocycles. The average Bonchev–Trinajstić information content (AvgIpc) is 3.07. The molecule has 0 radical (unpaired) electrons. The Labute approximate surface area is 123 Å². The summed E-state index contributed by atoms with van der Waals surface area (Å²) >= 11 is 0. The van der Waals surface area contributed by atoms with E-state index in [9.17, 15) is 4.79 Å². The summed E-state index contributed by atoms with van der Waals surface area (Å²) in [6, 6.07) is 0.0386. The second-order valence-corrected chi connectivity index (χ2v) is 6.39. The van der Waals surface area contributed by atoms with Crippen molar-refractivity contribution < 1.29 is 4.79 Å². The molecule has 0 bridgehead atoms. The second-order valence-electron chi connectivity index (χ2n) is 6.39. The third kappa shape index (κ3) is 3.53. The Morgan fingerprint density at radius 3 is 2.55 bits per heavy atom. The van der Waals surface area contributed by atoms with Crippen molar-refractivity contribution in [1.82, 2.24) is 15.1 Å². The van der Waals surface area contributed by atoms with Gasteiger partial charge in [0.15, 0.2) is 0 Å². The van der Waals surface area contributed by atoms with E-state index in [2.05, 4.69) is 35.9 Å². The molecule has 2 saturated heterocycles. The summed E-state index contributed by atoms with van der Waals surface area (Å²) in [5.74, 6) is 0.757. The molecule has 116 valence electrons. The maximum Gasteiger partial charge on any atom is 0.241 e. The number of nitrogens with zero attached hydrogens (tertiary/aromatic N) is 2. The fourth-order valence-electron chi connectivity index (χ4n) is 3.42. The van der Waals surface area contributed by atoms with Crippen LogP contribution in [0.2, 0.25) is 0 Å². The highest BCUT2D eigenvalue weighted by molar-refractivity contribution is 5.84. The highest BCUT2D eigenvalue weighted by Gasteiger charge is 2.39. The smallest absolute Gasteiger partial charge is 0.241 e. The van der Waals surface area contributed by atoms with Gasteiger partial charge in [-0.15, -0.1) is 0 Å². The lowest BCUT2D eigenvalue weighted by atomic mass is 9.99. The molecule has 3 atom stereocenters. The highest BCUT2D eigenvalue weighted by atomic mass is 16.2. The SMILES string of the molecule is CCC(C)C1NC(CC)N(CCCN2CCCC2)C1=O. The minimum atomic E-state index is 0.0386. The number of nitrogens with one attached hydrogen (secondary N) is 1. The molecule has 0 aromatic heterocycles. The molecule has 2 heterocycles. The molecule has 1 amide bonds. The molecule has 2 aliphatic heterocycles. The monoisotopic (exact) mass is 281 g/mol. The summed E-state index contributed by atoms with van der Waals surface area (Å²) in [5, 5.41) is 3.53. The Morgan fingerprint density at radius 1 is 1.25 bits per heavy atom. The van der Waals surface area contributed by atoms with E-state index in [1.54, 1.807) is 0 Å². The van der Waals surface area contributed by atoms with Crippen LogP contribution in [0.4, 0.5) is 0 Å². The predicted octanol–water partition coefficient (Wildman–Crippen LogP) is 2.05. The van der Waals surface area contributed by atoms with Crippen LogP contribution in [0.25, 0.3) is 0 Å². The van der Waals surface area contributed by atoms with Gasteiger partial charge in [0.05, 0.1) is 12.2 Å². The van der Waals surface area contributed by atoms with Crippen molar-refractivity contribution in [3.63, 3.8) is 0 Å². The molecule has 20 heavy (non-hydrogen) atoms. The molecule has 4 heteroatoms. The lowest BCUT2D eigenvalue weighted by Crippen LogP contribution is -2.38. The summed E-state index contributed by atoms with van der Waals surface area (Å²) in [7, 11) is 0. The Bertz CT molecular complexity index is 315. The third-order valence-corrected chi connectivity index (χ3v) is 4.97. The molecular formula is C16H31N3O. The minimum absolute atomic E-state index is 0.0386. The Hall–Kier alpha value is -0.610. The van der Waals surface area contributed by atoms with Gasteiger partial charge in [-0.05, 0) is 51.2 Å². The fourth-order valence-corrected chi connectivity index (χ4v) is 3.42. The molecule has 3 unspecified atom stereocenters. The molecule has 2 fully saturated rings. The van der Waals surface area contributed by atoms with E-state index < -0.39 is 0 Å². The van der Waals surface area contributed by atoms with Crippen LogP contribution in [0.3, 0.4) is 0 Å². The normalized spacial score (nSPS) is 29.4. The zero-order valence-electron chi connectivity index (χ0n) is 13.4. The van der Waals surface area contributed by atoms with Crippen LogP contribution in [0.15, 0.2) is 0 Å². The first kappa shape index (κ1) is 15.8. The number of carbonyl (C=O) groups is 1. The molecule has 0 spiro atoms. The molecule has 2 aliphatic rings. The highest BCUT2D eigenvalue weighted by Crippen LogP contribution is 2.21. The van der Waals surface area contributed by atoms with Gasteiger partial charge in [0.25, 0.3) is 0 Å². The van der Waals surface area contributed by atoms with Gasteiger partial charge in [0, 0.05) is 6.54 Å². The van der Waals surface area contributed by atoms with E-state index in [1.165, 1.54) is 25.9 Å². The zero-order valence-corrected chi connectivity index (χ0v) is 13.4. The fraction of sp³-hybridized carbons (Fsp3) is 0.938. The quantitative estimate of drug-likeness (QED) is 0.776. The summed E-state index contributed by atoms with van der Waals surface area (Å²) in [6.07, 6.45) is 6.11. The summed E-state index contributed by atoms with van der Waals surface area (Å²) in [5.41, 5.74) is 0. The average molecular weight is 281 g/mol. The minimum Gasteiger partial charge on any atom is -0.326 e. The van der Waals surface area contributed by atoms with Crippen LogP contribution in [0.5, 0.6) is 0 Å². The summed E-state index contributed by atoms with van der Waals surface area (Å²) in [6.45, 7) is 11.1. The van der Waals surface area contributed by atoms with Crippen molar-refractivity contribution in [2.24, 2.45) is 5.92 Å². The number of carbonyl (C=O) groups excluding carboxylic acids is 1. The molecular weight excluding hydrogens is 250 g/mol. The van der Waals surface area contributed by atoms with E-state index in [1.807, 2.05) is 0 Å². The van der Waals surface area contributed by atoms with Crippen LogP contribution in [0.1, 0.15) is 52.9 Å². The van der Waals surface area contributed by atoms with Crippen LogP contribution < -0.4 is 5.32 Å². The van der Waals surface area contributed by atoms with E-state index in [4.69, 9.17) is 0 Å². The van der Waals surface area contributed by atoms with Crippen molar-refractivity contribution in [3.8, 4) is 0 Å². The topological polar surface area (TPSA) is 35.6 Å². The van der Waals surface area contributed by atoms with Gasteiger partial charge in [-0.25, -0.2) is 0 Å². The molecule has 0 aromatic rings. The Kier molecular flexibility index (Phi) is 5.85. The van der Waals surface area contributed by atoms with Crippen molar-refractivity contribution in [3.05, 3.63) is 0 Å². The van der Waals surface area contributed by atoms with Gasteiger partial charge in [-0.1, -0.05) is 27.2 Å². The zero-order chi connectivity index (χ0) is 14.5. The van der Waals surface area contributed by atoms with Crippen molar-refractivity contribution in [2.45, 2.75) is 65.1 Å². The van der Waals surface area contributed by atoms with E-state index in [0.29, 0.717) is 11.8 Å². The van der Waals surface area contributed by atoms with Crippen molar-refractivity contribution in [1.29, 1.82) is 0 Å². The first-order valence-electron chi connectivity index (χ1n) is 8.46.